The summed E-state index contributed by atoms with van der Waals surface area (Å²) in [7, 11) is 0. The molecular formula is C8H9N3O6. The Balaban J connectivity index is 3.13. The fraction of sp³-hybridized carbons (Fsp3) is 0.375. The molecule has 92 valence electrons. The second-order valence-corrected chi connectivity index (χ2v) is 2.96. The number of nitrogens with zero attached hydrogens (tertiary/aromatic N) is 2. The van der Waals surface area contributed by atoms with Crippen molar-refractivity contribution < 1.29 is 14.5 Å². The average Bonchev–Trinajstić information content (AvgIpc) is 2.21. The highest BCUT2D eigenvalue weighted by Gasteiger charge is 2.16. The first kappa shape index (κ1) is 12.6. The van der Waals surface area contributed by atoms with E-state index < -0.39 is 34.4 Å². The second-order valence-electron chi connectivity index (χ2n) is 2.96. The lowest BCUT2D eigenvalue weighted by Gasteiger charge is -2.03. The Morgan fingerprint density at radius 2 is 2.24 bits per heavy atom. The molecule has 0 aliphatic carbocycles. The van der Waals surface area contributed by atoms with E-state index in [4.69, 9.17) is 0 Å². The summed E-state index contributed by atoms with van der Waals surface area (Å²) in [6.45, 7) is 1.21. The van der Waals surface area contributed by atoms with Crippen LogP contribution >= 0.6 is 0 Å². The highest BCUT2D eigenvalue weighted by atomic mass is 16.6. The van der Waals surface area contributed by atoms with E-state index >= 15 is 0 Å². The number of hydrogen-bond donors (Lipinski definition) is 1. The normalized spacial score (nSPS) is 9.94. The maximum absolute atomic E-state index is 11.2. The van der Waals surface area contributed by atoms with Gasteiger partial charge < -0.3 is 4.74 Å². The number of esters is 1. The summed E-state index contributed by atoms with van der Waals surface area (Å²) in [6.07, 6.45) is 0.706. The molecule has 0 fully saturated rings. The number of ether oxygens (including phenoxy) is 1. The fourth-order valence-electron chi connectivity index (χ4n) is 1.09. The molecule has 1 heterocycles. The van der Waals surface area contributed by atoms with Gasteiger partial charge in [0.1, 0.15) is 6.54 Å². The lowest BCUT2D eigenvalue weighted by atomic mass is 10.5. The number of carbonyl (C=O) groups is 1. The predicted octanol–water partition coefficient (Wildman–Crippen LogP) is -0.992. The van der Waals surface area contributed by atoms with Crippen molar-refractivity contribution in [3.8, 4) is 0 Å². The summed E-state index contributed by atoms with van der Waals surface area (Å²) in [5, 5.41) is 10.5. The van der Waals surface area contributed by atoms with Crippen molar-refractivity contribution in [3.63, 3.8) is 0 Å². The number of hydrogen-bond acceptors (Lipinski definition) is 6. The first-order valence-corrected chi connectivity index (χ1v) is 4.59. The van der Waals surface area contributed by atoms with Crippen LogP contribution in [0.25, 0.3) is 0 Å². The van der Waals surface area contributed by atoms with Crippen molar-refractivity contribution in [1.82, 2.24) is 9.55 Å². The molecule has 0 radical (unpaired) electrons. The van der Waals surface area contributed by atoms with Gasteiger partial charge in [0.25, 0.3) is 0 Å². The highest BCUT2D eigenvalue weighted by molar-refractivity contribution is 5.69. The summed E-state index contributed by atoms with van der Waals surface area (Å²) < 4.78 is 5.28. The fourth-order valence-corrected chi connectivity index (χ4v) is 1.09. The van der Waals surface area contributed by atoms with E-state index in [0.717, 1.165) is 0 Å². The van der Waals surface area contributed by atoms with Crippen molar-refractivity contribution in [3.05, 3.63) is 37.1 Å². The van der Waals surface area contributed by atoms with Crippen LogP contribution in [0, 0.1) is 10.1 Å². The third-order valence-corrected chi connectivity index (χ3v) is 1.79. The number of nitro groups is 1. The van der Waals surface area contributed by atoms with Crippen molar-refractivity contribution in [2.75, 3.05) is 6.61 Å². The molecule has 1 N–H and O–H groups in total. The molecule has 17 heavy (non-hydrogen) atoms. The monoisotopic (exact) mass is 243 g/mol. The molecule has 1 rings (SSSR count). The zero-order valence-electron chi connectivity index (χ0n) is 8.84. The minimum atomic E-state index is -1.11. The molecule has 9 heteroatoms. The van der Waals surface area contributed by atoms with Crippen molar-refractivity contribution in [1.29, 1.82) is 0 Å². The van der Waals surface area contributed by atoms with E-state index in [2.05, 4.69) is 4.74 Å². The Morgan fingerprint density at radius 1 is 1.59 bits per heavy atom. The van der Waals surface area contributed by atoms with E-state index in [1.807, 2.05) is 0 Å². The molecule has 0 bridgehead atoms. The predicted molar refractivity (Wildman–Crippen MR) is 54.6 cm³/mol. The van der Waals surface area contributed by atoms with Crippen LogP contribution in [0.1, 0.15) is 6.92 Å². The van der Waals surface area contributed by atoms with Gasteiger partial charge in [-0.25, -0.2) is 4.79 Å². The number of aromatic nitrogens is 2. The zero-order valence-corrected chi connectivity index (χ0v) is 8.84. The Labute approximate surface area is 93.8 Å². The Hall–Kier alpha value is -2.45. The summed E-state index contributed by atoms with van der Waals surface area (Å²) in [4.78, 5) is 44.6. The van der Waals surface area contributed by atoms with Crippen molar-refractivity contribution in [2.24, 2.45) is 0 Å². The minimum absolute atomic E-state index is 0.124. The molecule has 1 aromatic rings. The molecule has 0 atom stereocenters. The maximum Gasteiger partial charge on any atom is 0.350 e. The second kappa shape index (κ2) is 5.05. The lowest BCUT2D eigenvalue weighted by Crippen LogP contribution is -2.33. The minimum Gasteiger partial charge on any atom is -0.465 e. The van der Waals surface area contributed by atoms with Gasteiger partial charge in [-0.15, -0.1) is 0 Å². The van der Waals surface area contributed by atoms with Gasteiger partial charge in [0.05, 0.1) is 17.7 Å². The molecule has 0 aliphatic heterocycles. The first-order chi connectivity index (χ1) is 7.95. The van der Waals surface area contributed by atoms with Crippen LogP contribution in [0.4, 0.5) is 5.69 Å². The van der Waals surface area contributed by atoms with E-state index in [0.29, 0.717) is 10.8 Å². The number of nitrogens with one attached hydrogen (secondary N) is 1. The van der Waals surface area contributed by atoms with Crippen molar-refractivity contribution in [2.45, 2.75) is 13.5 Å². The summed E-state index contributed by atoms with van der Waals surface area (Å²) in [5.41, 5.74) is -2.83. The number of aromatic amines is 1. The molecule has 0 amide bonds. The number of rotatable bonds is 4. The SMILES string of the molecule is CCOC(=O)Cn1cc([N+](=O)[O-])c(=O)[nH]c1=O. The van der Waals surface area contributed by atoms with Gasteiger partial charge in [-0.2, -0.15) is 0 Å². The molecule has 0 aromatic carbocycles. The third-order valence-electron chi connectivity index (χ3n) is 1.79. The molecule has 0 saturated heterocycles. The lowest BCUT2D eigenvalue weighted by molar-refractivity contribution is -0.386. The Kier molecular flexibility index (Phi) is 3.75. The number of H-pyrrole nitrogens is 1. The van der Waals surface area contributed by atoms with Gasteiger partial charge in [0.15, 0.2) is 0 Å². The molecule has 0 unspecified atom stereocenters. The molecule has 0 aliphatic rings. The maximum atomic E-state index is 11.2. The third kappa shape index (κ3) is 3.00. The first-order valence-electron chi connectivity index (χ1n) is 4.59. The number of carbonyl (C=O) groups excluding carboxylic acids is 1. The van der Waals surface area contributed by atoms with E-state index in [9.17, 15) is 24.5 Å². The molecular weight excluding hydrogens is 234 g/mol. The van der Waals surface area contributed by atoms with Gasteiger partial charge in [-0.05, 0) is 6.92 Å². The van der Waals surface area contributed by atoms with Gasteiger partial charge in [0, 0.05) is 0 Å². The quantitative estimate of drug-likeness (QED) is 0.411. The van der Waals surface area contributed by atoms with Crippen LogP contribution in [0.5, 0.6) is 0 Å². The van der Waals surface area contributed by atoms with Crippen LogP contribution in [-0.2, 0) is 16.1 Å². The van der Waals surface area contributed by atoms with Crippen LogP contribution < -0.4 is 11.2 Å². The Morgan fingerprint density at radius 3 is 2.76 bits per heavy atom. The van der Waals surface area contributed by atoms with Crippen LogP contribution in [0.3, 0.4) is 0 Å². The van der Waals surface area contributed by atoms with E-state index in [-0.39, 0.29) is 6.61 Å². The standard InChI is InChI=1S/C8H9N3O6/c1-2-17-6(12)4-10-3-5(11(15)16)7(13)9-8(10)14/h3H,2,4H2,1H3,(H,9,13,14). The molecule has 0 spiro atoms. The van der Waals surface area contributed by atoms with E-state index in [1.54, 1.807) is 11.9 Å². The highest BCUT2D eigenvalue weighted by Crippen LogP contribution is 1.98. The van der Waals surface area contributed by atoms with Crippen molar-refractivity contribution >= 4 is 11.7 Å². The van der Waals surface area contributed by atoms with Crippen LogP contribution in [0.15, 0.2) is 15.8 Å². The van der Waals surface area contributed by atoms with Gasteiger partial charge in [0.2, 0.25) is 0 Å². The zero-order chi connectivity index (χ0) is 13.0. The van der Waals surface area contributed by atoms with E-state index in [1.165, 1.54) is 0 Å². The average molecular weight is 243 g/mol. The van der Waals surface area contributed by atoms with Gasteiger partial charge in [-0.3, -0.25) is 29.3 Å². The topological polar surface area (TPSA) is 124 Å². The molecule has 9 nitrogen and oxygen atoms in total. The summed E-state index contributed by atoms with van der Waals surface area (Å²) in [6, 6.07) is 0. The largest absolute Gasteiger partial charge is 0.465 e. The van der Waals surface area contributed by atoms with Gasteiger partial charge in [-0.1, -0.05) is 0 Å². The smallest absolute Gasteiger partial charge is 0.350 e. The Bertz CT molecular complexity index is 557. The summed E-state index contributed by atoms with van der Waals surface area (Å²) in [5.74, 6) is -0.726. The van der Waals surface area contributed by atoms with Gasteiger partial charge >= 0.3 is 22.9 Å². The summed E-state index contributed by atoms with van der Waals surface area (Å²) >= 11 is 0. The molecule has 1 aromatic heterocycles. The van der Waals surface area contributed by atoms with Crippen LogP contribution in [-0.4, -0.2) is 27.1 Å². The van der Waals surface area contributed by atoms with Crippen LogP contribution in [0.2, 0.25) is 0 Å². The molecule has 0 saturated carbocycles.